The van der Waals surface area contributed by atoms with Crippen LogP contribution in [0.15, 0.2) is 67.1 Å². The van der Waals surface area contributed by atoms with Crippen LogP contribution in [-0.4, -0.2) is 28.1 Å². The van der Waals surface area contributed by atoms with Gasteiger partial charge in [-0.1, -0.05) is 12.1 Å². The Labute approximate surface area is 207 Å². The molecule has 0 spiro atoms. The molecule has 2 aromatic carbocycles. The smallest absolute Gasteiger partial charge is 0.416 e. The number of nitrogens with one attached hydrogen (secondary N) is 2. The number of methoxy groups -OCH3 is 1. The van der Waals surface area contributed by atoms with Crippen molar-refractivity contribution in [2.45, 2.75) is 6.18 Å². The number of nitrogen functional groups attached to an aromatic ring is 1. The lowest BCUT2D eigenvalue weighted by molar-refractivity contribution is -0.137. The third kappa shape index (κ3) is 6.20. The van der Waals surface area contributed by atoms with E-state index in [0.717, 1.165) is 24.4 Å². The molecular formula is C24H18F4N6O3. The van der Waals surface area contributed by atoms with Gasteiger partial charge in [0, 0.05) is 5.56 Å². The van der Waals surface area contributed by atoms with Gasteiger partial charge in [-0.2, -0.15) is 13.2 Å². The maximum Gasteiger partial charge on any atom is 0.416 e. The Morgan fingerprint density at radius 1 is 0.946 bits per heavy atom. The minimum absolute atomic E-state index is 0.0185. The van der Waals surface area contributed by atoms with Crippen LogP contribution in [0, 0.1) is 5.82 Å². The average molecular weight is 514 g/mol. The normalized spacial score (nSPS) is 11.1. The van der Waals surface area contributed by atoms with Crippen LogP contribution < -0.4 is 25.8 Å². The molecule has 0 saturated carbocycles. The average Bonchev–Trinajstić information content (AvgIpc) is 2.87. The Bertz CT molecular complexity index is 1410. The zero-order valence-electron chi connectivity index (χ0n) is 19.0. The first kappa shape index (κ1) is 25.2. The molecular weight excluding hydrogens is 496 g/mol. The number of amides is 2. The highest BCUT2D eigenvalue weighted by atomic mass is 19.4. The third-order valence-corrected chi connectivity index (χ3v) is 4.92. The van der Waals surface area contributed by atoms with Gasteiger partial charge in [-0.25, -0.2) is 24.1 Å². The van der Waals surface area contributed by atoms with E-state index in [2.05, 4.69) is 25.6 Å². The number of ether oxygens (including phenoxy) is 2. The molecule has 13 heteroatoms. The molecule has 0 bridgehead atoms. The summed E-state index contributed by atoms with van der Waals surface area (Å²) in [5.41, 5.74) is 6.19. The summed E-state index contributed by atoms with van der Waals surface area (Å²) in [5.74, 6) is -0.104. The van der Waals surface area contributed by atoms with Crippen molar-refractivity contribution in [2.24, 2.45) is 0 Å². The van der Waals surface area contributed by atoms with Crippen molar-refractivity contribution in [3.8, 4) is 28.6 Å². The zero-order chi connectivity index (χ0) is 26.6. The Morgan fingerprint density at radius 3 is 2.30 bits per heavy atom. The van der Waals surface area contributed by atoms with Crippen molar-refractivity contribution in [3.63, 3.8) is 0 Å². The number of nitrogens with two attached hydrogens (primary N) is 1. The summed E-state index contributed by atoms with van der Waals surface area (Å²) in [5, 5.41) is 4.86. The first-order chi connectivity index (χ1) is 17.6. The van der Waals surface area contributed by atoms with Gasteiger partial charge in [0.2, 0.25) is 0 Å². The molecule has 2 aromatic heterocycles. The molecule has 0 atom stereocenters. The monoisotopic (exact) mass is 514 g/mol. The molecule has 9 nitrogen and oxygen atoms in total. The topological polar surface area (TPSA) is 124 Å². The van der Waals surface area contributed by atoms with Crippen molar-refractivity contribution in [3.05, 3.63) is 78.5 Å². The number of hydrogen-bond donors (Lipinski definition) is 3. The van der Waals surface area contributed by atoms with Crippen LogP contribution in [0.3, 0.4) is 0 Å². The molecule has 4 rings (SSSR count). The van der Waals surface area contributed by atoms with Gasteiger partial charge < -0.3 is 25.8 Å². The fourth-order valence-electron chi connectivity index (χ4n) is 3.18. The molecule has 0 fully saturated rings. The van der Waals surface area contributed by atoms with Crippen molar-refractivity contribution in [1.82, 2.24) is 15.0 Å². The molecule has 0 radical (unpaired) electrons. The van der Waals surface area contributed by atoms with E-state index < -0.39 is 23.6 Å². The number of anilines is 3. The van der Waals surface area contributed by atoms with E-state index in [1.807, 2.05) is 0 Å². The van der Waals surface area contributed by atoms with Crippen molar-refractivity contribution in [1.29, 1.82) is 0 Å². The summed E-state index contributed by atoms with van der Waals surface area (Å²) in [7, 11) is 1.19. The van der Waals surface area contributed by atoms with Gasteiger partial charge in [0.1, 0.15) is 23.1 Å². The number of nitrogens with zero attached hydrogens (tertiary/aromatic N) is 3. The molecule has 37 heavy (non-hydrogen) atoms. The molecule has 4 aromatic rings. The lowest BCUT2D eigenvalue weighted by Gasteiger charge is -2.14. The maximum atomic E-state index is 13.5. The van der Waals surface area contributed by atoms with Gasteiger partial charge >= 0.3 is 18.2 Å². The second kappa shape index (κ2) is 10.4. The molecule has 190 valence electrons. The van der Waals surface area contributed by atoms with E-state index in [-0.39, 0.29) is 29.0 Å². The quantitative estimate of drug-likeness (QED) is 0.281. The summed E-state index contributed by atoms with van der Waals surface area (Å²) in [4.78, 5) is 24.1. The highest BCUT2D eigenvalue weighted by Gasteiger charge is 2.31. The number of hydrogen-bond acceptors (Lipinski definition) is 7. The van der Waals surface area contributed by atoms with E-state index in [9.17, 15) is 22.4 Å². The van der Waals surface area contributed by atoms with Crippen molar-refractivity contribution >= 4 is 23.2 Å². The lowest BCUT2D eigenvalue weighted by Crippen LogP contribution is -2.20. The van der Waals surface area contributed by atoms with Crippen LogP contribution in [0.4, 0.5) is 39.5 Å². The molecule has 0 aliphatic carbocycles. The molecule has 0 saturated heterocycles. The van der Waals surface area contributed by atoms with Crippen LogP contribution in [0.1, 0.15) is 5.56 Å². The summed E-state index contributed by atoms with van der Waals surface area (Å²) in [6, 6.07) is 9.74. The van der Waals surface area contributed by atoms with Crippen molar-refractivity contribution < 1.29 is 31.8 Å². The van der Waals surface area contributed by atoms with E-state index in [1.165, 1.54) is 25.6 Å². The standard InChI is InChI=1S/C24H18F4N6O3/c1-36-20-8-14(24(26,27)28)4-7-19(20)34-22(35)33-16-11-31-23(32-12-16)37-17-5-2-13(3-6-17)18-9-15(25)10-30-21(18)29/h2-12H,1H3,(H2,29,30)(H2,33,34,35). The van der Waals surface area contributed by atoms with E-state index >= 15 is 0 Å². The number of aromatic nitrogens is 3. The Kier molecular flexibility index (Phi) is 7.04. The molecule has 0 unspecified atom stereocenters. The van der Waals surface area contributed by atoms with Crippen LogP contribution in [0.2, 0.25) is 0 Å². The minimum Gasteiger partial charge on any atom is -0.495 e. The SMILES string of the molecule is COc1cc(C(F)(F)F)ccc1NC(=O)Nc1cnc(Oc2ccc(-c3cc(F)cnc3N)cc2)nc1. The Hall–Kier alpha value is -4.94. The third-order valence-electron chi connectivity index (χ3n) is 4.92. The van der Waals surface area contributed by atoms with Gasteiger partial charge in [0.15, 0.2) is 0 Å². The largest absolute Gasteiger partial charge is 0.495 e. The highest BCUT2D eigenvalue weighted by molar-refractivity contribution is 6.00. The van der Waals surface area contributed by atoms with Gasteiger partial charge in [0.25, 0.3) is 0 Å². The Balaban J connectivity index is 1.37. The number of carbonyl (C=O) groups excluding carboxylic acids is 1. The molecule has 0 aliphatic rings. The number of halogens is 4. The zero-order valence-corrected chi connectivity index (χ0v) is 19.0. The second-order valence-electron chi connectivity index (χ2n) is 7.46. The summed E-state index contributed by atoms with van der Waals surface area (Å²) in [6.07, 6.45) is -0.968. The van der Waals surface area contributed by atoms with Crippen LogP contribution in [-0.2, 0) is 6.18 Å². The molecule has 0 aliphatic heterocycles. The van der Waals surface area contributed by atoms with Crippen LogP contribution in [0.25, 0.3) is 11.1 Å². The maximum absolute atomic E-state index is 13.5. The van der Waals surface area contributed by atoms with Gasteiger partial charge in [-0.3, -0.25) is 0 Å². The minimum atomic E-state index is -4.55. The van der Waals surface area contributed by atoms with Crippen molar-refractivity contribution in [2.75, 3.05) is 23.5 Å². The second-order valence-corrected chi connectivity index (χ2v) is 7.46. The molecule has 2 amide bonds. The molecule has 4 N–H and O–H groups in total. The number of carbonyl (C=O) groups is 1. The van der Waals surface area contributed by atoms with Gasteiger partial charge in [0.05, 0.1) is 42.6 Å². The number of benzene rings is 2. The van der Waals surface area contributed by atoms with Crippen LogP contribution >= 0.6 is 0 Å². The van der Waals surface area contributed by atoms with Crippen LogP contribution in [0.5, 0.6) is 17.5 Å². The Morgan fingerprint density at radius 2 is 1.65 bits per heavy atom. The lowest BCUT2D eigenvalue weighted by atomic mass is 10.1. The summed E-state index contributed by atoms with van der Waals surface area (Å²) >= 11 is 0. The summed E-state index contributed by atoms with van der Waals surface area (Å²) in [6.45, 7) is 0. The first-order valence-electron chi connectivity index (χ1n) is 10.5. The van der Waals surface area contributed by atoms with Gasteiger partial charge in [-0.15, -0.1) is 0 Å². The molecule has 2 heterocycles. The highest BCUT2D eigenvalue weighted by Crippen LogP contribution is 2.35. The predicted octanol–water partition coefficient (Wildman–Crippen LogP) is 5.72. The van der Waals surface area contributed by atoms with E-state index in [1.54, 1.807) is 24.3 Å². The van der Waals surface area contributed by atoms with Gasteiger partial charge in [-0.05, 0) is 42.0 Å². The predicted molar refractivity (Wildman–Crippen MR) is 127 cm³/mol. The van der Waals surface area contributed by atoms with E-state index in [4.69, 9.17) is 15.2 Å². The number of rotatable bonds is 6. The van der Waals surface area contributed by atoms with E-state index in [0.29, 0.717) is 16.9 Å². The first-order valence-corrected chi connectivity index (χ1v) is 10.5. The fraction of sp³-hybridized carbons (Fsp3) is 0.0833. The number of pyridine rings is 1. The fourth-order valence-corrected chi connectivity index (χ4v) is 3.18. The summed E-state index contributed by atoms with van der Waals surface area (Å²) < 4.78 is 62.6. The number of alkyl halides is 3. The number of urea groups is 1.